The second-order valence-corrected chi connectivity index (χ2v) is 6.90. The van der Waals surface area contributed by atoms with E-state index >= 15 is 0 Å². The number of aromatic nitrogens is 3. The predicted molar refractivity (Wildman–Crippen MR) is 79.8 cm³/mol. The first-order chi connectivity index (χ1) is 10.4. The molecular weight excluding hydrogens is 306 g/mol. The molecule has 0 aliphatic carbocycles. The number of hydrogen-bond donors (Lipinski definition) is 1. The van der Waals surface area contributed by atoms with Gasteiger partial charge in [-0.05, 0) is 18.2 Å². The summed E-state index contributed by atoms with van der Waals surface area (Å²) < 4.78 is 22.3. The lowest BCUT2D eigenvalue weighted by Crippen LogP contribution is -2.27. The van der Waals surface area contributed by atoms with Gasteiger partial charge in [-0.25, -0.2) is 13.6 Å². The summed E-state index contributed by atoms with van der Waals surface area (Å²) >= 11 is 0. The molecule has 1 amide bonds. The summed E-state index contributed by atoms with van der Waals surface area (Å²) in [6.45, 7) is 0.339. The van der Waals surface area contributed by atoms with E-state index in [2.05, 4.69) is 10.2 Å². The van der Waals surface area contributed by atoms with E-state index < -0.39 is 10.0 Å². The van der Waals surface area contributed by atoms with Gasteiger partial charge >= 0.3 is 0 Å². The fourth-order valence-electron chi connectivity index (χ4n) is 2.61. The molecule has 116 valence electrons. The maximum absolute atomic E-state index is 12.1. The van der Waals surface area contributed by atoms with Crippen molar-refractivity contribution in [2.24, 2.45) is 11.1 Å². The molecule has 0 radical (unpaired) electrons. The molecule has 1 aromatic carbocycles. The summed E-state index contributed by atoms with van der Waals surface area (Å²) in [7, 11) is -3.58. The summed E-state index contributed by atoms with van der Waals surface area (Å²) in [4.78, 5) is 15.1. The summed E-state index contributed by atoms with van der Waals surface area (Å²) in [5.74, 6) is -0.580. The first kappa shape index (κ1) is 14.7. The van der Waals surface area contributed by atoms with Crippen molar-refractivity contribution in [3.63, 3.8) is 0 Å². The summed E-state index contributed by atoms with van der Waals surface area (Å²) in [5.41, 5.74) is 1.42. The lowest BCUT2D eigenvalue weighted by molar-refractivity contribution is -0.117. The van der Waals surface area contributed by atoms with E-state index in [4.69, 9.17) is 5.14 Å². The number of hydrogen-bond acceptors (Lipinski definition) is 5. The van der Waals surface area contributed by atoms with Crippen LogP contribution in [0.25, 0.3) is 5.69 Å². The zero-order valence-electron chi connectivity index (χ0n) is 11.7. The largest absolute Gasteiger partial charge is 0.312 e. The van der Waals surface area contributed by atoms with Crippen molar-refractivity contribution in [2.75, 3.05) is 17.2 Å². The van der Waals surface area contributed by atoms with Crippen LogP contribution in [0.3, 0.4) is 0 Å². The number of primary sulfonamides is 1. The van der Waals surface area contributed by atoms with Crippen LogP contribution in [0.15, 0.2) is 36.7 Å². The highest BCUT2D eigenvalue weighted by Crippen LogP contribution is 2.27. The summed E-state index contributed by atoms with van der Waals surface area (Å²) in [6.07, 6.45) is 3.31. The molecule has 1 fully saturated rings. The van der Waals surface area contributed by atoms with Crippen molar-refractivity contribution in [3.05, 3.63) is 36.7 Å². The fraction of sp³-hybridized carbons (Fsp3) is 0.308. The number of nitrogens with two attached hydrogens (primary N) is 1. The van der Waals surface area contributed by atoms with Gasteiger partial charge in [-0.15, -0.1) is 0 Å². The predicted octanol–water partition coefficient (Wildman–Crippen LogP) is -0.0913. The number of nitrogens with zero attached hydrogens (tertiary/aromatic N) is 4. The van der Waals surface area contributed by atoms with E-state index in [1.165, 1.54) is 4.80 Å². The van der Waals surface area contributed by atoms with Gasteiger partial charge in [-0.3, -0.25) is 4.79 Å². The van der Waals surface area contributed by atoms with Crippen molar-refractivity contribution < 1.29 is 13.2 Å². The Labute approximate surface area is 127 Å². The second-order valence-electron chi connectivity index (χ2n) is 5.24. The fourth-order valence-corrected chi connectivity index (χ4v) is 3.49. The van der Waals surface area contributed by atoms with Gasteiger partial charge in [-0.2, -0.15) is 15.0 Å². The monoisotopic (exact) mass is 321 g/mol. The quantitative estimate of drug-likeness (QED) is 0.846. The smallest absolute Gasteiger partial charge is 0.227 e. The lowest BCUT2D eigenvalue weighted by Gasteiger charge is -2.17. The Morgan fingerprint density at radius 2 is 1.91 bits per heavy atom. The molecule has 2 aromatic rings. The van der Waals surface area contributed by atoms with Gasteiger partial charge in [0.25, 0.3) is 0 Å². The van der Waals surface area contributed by atoms with Crippen molar-refractivity contribution in [2.45, 2.75) is 6.42 Å². The van der Waals surface area contributed by atoms with Crippen molar-refractivity contribution >= 4 is 21.6 Å². The number of amides is 1. The van der Waals surface area contributed by atoms with Crippen LogP contribution in [0.5, 0.6) is 0 Å². The molecule has 1 unspecified atom stereocenters. The molecule has 0 saturated carbocycles. The van der Waals surface area contributed by atoms with Gasteiger partial charge in [-0.1, -0.05) is 6.07 Å². The van der Waals surface area contributed by atoms with Crippen LogP contribution in [0.2, 0.25) is 0 Å². The van der Waals surface area contributed by atoms with E-state index in [-0.39, 0.29) is 24.0 Å². The van der Waals surface area contributed by atoms with Crippen LogP contribution in [0.4, 0.5) is 5.69 Å². The van der Waals surface area contributed by atoms with Crippen LogP contribution in [-0.4, -0.2) is 41.6 Å². The number of carbonyl (C=O) groups excluding carboxylic acids is 1. The van der Waals surface area contributed by atoms with Gasteiger partial charge in [0, 0.05) is 24.6 Å². The molecule has 1 aromatic heterocycles. The zero-order valence-corrected chi connectivity index (χ0v) is 12.5. The van der Waals surface area contributed by atoms with Crippen molar-refractivity contribution in [3.8, 4) is 5.69 Å². The van der Waals surface area contributed by atoms with Crippen LogP contribution >= 0.6 is 0 Å². The third-order valence-corrected chi connectivity index (χ3v) is 4.40. The van der Waals surface area contributed by atoms with E-state index in [0.29, 0.717) is 12.2 Å². The second kappa shape index (κ2) is 5.50. The average molecular weight is 321 g/mol. The molecule has 1 saturated heterocycles. The first-order valence-electron chi connectivity index (χ1n) is 6.70. The van der Waals surface area contributed by atoms with Gasteiger partial charge < -0.3 is 4.90 Å². The van der Waals surface area contributed by atoms with E-state index in [9.17, 15) is 13.2 Å². The van der Waals surface area contributed by atoms with E-state index in [1.807, 2.05) is 6.07 Å². The lowest BCUT2D eigenvalue weighted by atomic mass is 10.1. The highest BCUT2D eigenvalue weighted by atomic mass is 32.2. The number of carbonyl (C=O) groups is 1. The molecule has 22 heavy (non-hydrogen) atoms. The summed E-state index contributed by atoms with van der Waals surface area (Å²) in [5, 5.41) is 13.1. The Morgan fingerprint density at radius 1 is 1.23 bits per heavy atom. The highest BCUT2D eigenvalue weighted by molar-refractivity contribution is 7.89. The van der Waals surface area contributed by atoms with E-state index in [0.717, 1.165) is 5.69 Å². The van der Waals surface area contributed by atoms with Crippen LogP contribution < -0.4 is 10.0 Å². The molecule has 9 heteroatoms. The van der Waals surface area contributed by atoms with Crippen LogP contribution in [0.1, 0.15) is 6.42 Å². The Morgan fingerprint density at radius 3 is 2.59 bits per heavy atom. The number of rotatable bonds is 4. The molecule has 2 N–H and O–H groups in total. The van der Waals surface area contributed by atoms with Gasteiger partial charge in [0.15, 0.2) is 0 Å². The third-order valence-electron chi connectivity index (χ3n) is 3.46. The minimum atomic E-state index is -3.58. The maximum Gasteiger partial charge on any atom is 0.227 e. The number of anilines is 1. The number of benzene rings is 1. The molecule has 2 heterocycles. The Balaban J connectivity index is 1.83. The highest BCUT2D eigenvalue weighted by Gasteiger charge is 2.32. The molecular formula is C13H15N5O3S. The minimum Gasteiger partial charge on any atom is -0.312 e. The Bertz CT molecular complexity index is 788. The topological polar surface area (TPSA) is 111 Å². The van der Waals surface area contributed by atoms with Crippen LogP contribution in [-0.2, 0) is 14.8 Å². The Kier molecular flexibility index (Phi) is 3.67. The van der Waals surface area contributed by atoms with E-state index in [1.54, 1.807) is 35.5 Å². The number of sulfonamides is 1. The van der Waals surface area contributed by atoms with Crippen molar-refractivity contribution in [1.29, 1.82) is 0 Å². The first-order valence-corrected chi connectivity index (χ1v) is 8.41. The molecule has 1 aliphatic heterocycles. The zero-order chi connectivity index (χ0) is 15.7. The SMILES string of the molecule is NS(=O)(=O)CC1CC(=O)N(c2cccc(-n3nccn3)c2)C1. The van der Waals surface area contributed by atoms with Crippen LogP contribution in [0, 0.1) is 5.92 Å². The van der Waals surface area contributed by atoms with Gasteiger partial charge in [0.2, 0.25) is 15.9 Å². The average Bonchev–Trinajstić information content (AvgIpc) is 3.07. The minimum absolute atomic E-state index is 0.112. The molecule has 0 spiro atoms. The Hall–Kier alpha value is -2.26. The van der Waals surface area contributed by atoms with Crippen molar-refractivity contribution in [1.82, 2.24) is 15.0 Å². The molecule has 8 nitrogen and oxygen atoms in total. The molecule has 3 rings (SSSR count). The standard InChI is InChI=1S/C13H15N5O3S/c14-22(20,21)9-10-6-13(19)17(8-10)11-2-1-3-12(7-11)18-15-4-5-16-18/h1-5,7,10H,6,8-9H2,(H2,14,20,21). The normalized spacial score (nSPS) is 18.9. The molecule has 0 bridgehead atoms. The molecule has 1 aliphatic rings. The third kappa shape index (κ3) is 3.15. The maximum atomic E-state index is 12.1. The van der Waals surface area contributed by atoms with Gasteiger partial charge in [0.1, 0.15) is 0 Å². The van der Waals surface area contributed by atoms with Gasteiger partial charge in [0.05, 0.1) is 23.8 Å². The molecule has 1 atom stereocenters. The summed E-state index contributed by atoms with van der Waals surface area (Å²) in [6, 6.07) is 7.21.